The van der Waals surface area contributed by atoms with Gasteiger partial charge in [-0.2, -0.15) is 0 Å². The molecule has 2 aromatic rings. The molecule has 0 aliphatic heterocycles. The van der Waals surface area contributed by atoms with Crippen molar-refractivity contribution in [3.63, 3.8) is 0 Å². The summed E-state index contributed by atoms with van der Waals surface area (Å²) in [6.07, 6.45) is 1.84. The largest absolute Gasteiger partial charge is 0.351 e. The molecule has 1 N–H and O–H groups in total. The van der Waals surface area contributed by atoms with Gasteiger partial charge in [-0.25, -0.2) is 4.98 Å². The zero-order valence-corrected chi connectivity index (χ0v) is 13.1. The molecule has 2 aromatic heterocycles. The Kier molecular flexibility index (Phi) is 5.69. The molecule has 0 aromatic carbocycles. The Labute approximate surface area is 127 Å². The zero-order valence-electron chi connectivity index (χ0n) is 13.1. The molecule has 0 saturated carbocycles. The van der Waals surface area contributed by atoms with Gasteiger partial charge in [-0.3, -0.25) is 4.98 Å². The predicted octanol–water partition coefficient (Wildman–Crippen LogP) is 2.92. The summed E-state index contributed by atoms with van der Waals surface area (Å²) in [5.41, 5.74) is 3.40. The second kappa shape index (κ2) is 7.74. The van der Waals surface area contributed by atoms with Crippen molar-refractivity contribution in [2.45, 2.75) is 33.9 Å². The highest BCUT2D eigenvalue weighted by atomic mass is 15.2. The van der Waals surface area contributed by atoms with E-state index in [9.17, 15) is 0 Å². The Bertz CT molecular complexity index is 554. The molecular formula is C17H24N4. The van der Waals surface area contributed by atoms with Crippen LogP contribution in [0.5, 0.6) is 0 Å². The number of hydrogen-bond donors (Lipinski definition) is 1. The van der Waals surface area contributed by atoms with Crippen LogP contribution < -0.4 is 10.2 Å². The van der Waals surface area contributed by atoms with Crippen molar-refractivity contribution in [2.24, 2.45) is 0 Å². The lowest BCUT2D eigenvalue weighted by Crippen LogP contribution is -2.24. The molecule has 0 saturated heterocycles. The number of rotatable bonds is 7. The van der Waals surface area contributed by atoms with E-state index in [2.05, 4.69) is 52.2 Å². The van der Waals surface area contributed by atoms with E-state index >= 15 is 0 Å². The standard InChI is InChI=1S/C17H24N4/c1-4-18-12-15-10-14(3)20-17(11-15)21(5-2)13-16-8-6-7-9-19-16/h6-11,18H,4-5,12-13H2,1-3H3. The first kappa shape index (κ1) is 15.4. The van der Waals surface area contributed by atoms with E-state index < -0.39 is 0 Å². The number of nitrogens with zero attached hydrogens (tertiary/aromatic N) is 3. The first-order chi connectivity index (χ1) is 10.2. The fourth-order valence-corrected chi connectivity index (χ4v) is 2.30. The molecule has 0 aliphatic rings. The van der Waals surface area contributed by atoms with Gasteiger partial charge in [-0.1, -0.05) is 13.0 Å². The molecule has 2 rings (SSSR count). The minimum atomic E-state index is 0.786. The van der Waals surface area contributed by atoms with Crippen LogP contribution >= 0.6 is 0 Å². The minimum Gasteiger partial charge on any atom is -0.351 e. The van der Waals surface area contributed by atoms with Crippen molar-refractivity contribution >= 4 is 5.82 Å². The molecule has 0 bridgehead atoms. The zero-order chi connectivity index (χ0) is 15.1. The third-order valence-corrected chi connectivity index (χ3v) is 3.36. The molecular weight excluding hydrogens is 260 g/mol. The van der Waals surface area contributed by atoms with Gasteiger partial charge in [-0.15, -0.1) is 0 Å². The number of aromatic nitrogens is 2. The normalized spacial score (nSPS) is 10.6. The smallest absolute Gasteiger partial charge is 0.129 e. The molecule has 0 aliphatic carbocycles. The SMILES string of the molecule is CCNCc1cc(C)nc(N(CC)Cc2ccccn2)c1. The Morgan fingerprint density at radius 3 is 2.71 bits per heavy atom. The number of nitrogens with one attached hydrogen (secondary N) is 1. The second-order valence-corrected chi connectivity index (χ2v) is 5.09. The van der Waals surface area contributed by atoms with E-state index in [0.717, 1.165) is 43.4 Å². The maximum atomic E-state index is 4.68. The first-order valence-electron chi connectivity index (χ1n) is 7.56. The fourth-order valence-electron chi connectivity index (χ4n) is 2.30. The topological polar surface area (TPSA) is 41.1 Å². The van der Waals surface area contributed by atoms with Crippen molar-refractivity contribution in [3.05, 3.63) is 53.5 Å². The van der Waals surface area contributed by atoms with E-state index in [4.69, 9.17) is 0 Å². The summed E-state index contributed by atoms with van der Waals surface area (Å²) in [7, 11) is 0. The van der Waals surface area contributed by atoms with E-state index in [1.807, 2.05) is 25.3 Å². The number of hydrogen-bond acceptors (Lipinski definition) is 4. The molecule has 0 radical (unpaired) electrons. The minimum absolute atomic E-state index is 0.786. The van der Waals surface area contributed by atoms with Gasteiger partial charge >= 0.3 is 0 Å². The number of anilines is 1. The summed E-state index contributed by atoms with van der Waals surface area (Å²) in [5, 5.41) is 3.37. The van der Waals surface area contributed by atoms with Crippen molar-refractivity contribution in [3.8, 4) is 0 Å². The van der Waals surface area contributed by atoms with Crippen LogP contribution in [0.25, 0.3) is 0 Å². The fraction of sp³-hybridized carbons (Fsp3) is 0.412. The lowest BCUT2D eigenvalue weighted by atomic mass is 10.2. The molecule has 21 heavy (non-hydrogen) atoms. The molecule has 4 heteroatoms. The van der Waals surface area contributed by atoms with Crippen molar-refractivity contribution in [1.29, 1.82) is 0 Å². The summed E-state index contributed by atoms with van der Waals surface area (Å²) in [6, 6.07) is 10.3. The van der Waals surface area contributed by atoms with E-state index in [0.29, 0.717) is 0 Å². The van der Waals surface area contributed by atoms with Crippen LogP contribution in [0.15, 0.2) is 36.5 Å². The van der Waals surface area contributed by atoms with Crippen LogP contribution in [0, 0.1) is 6.92 Å². The maximum absolute atomic E-state index is 4.68. The Morgan fingerprint density at radius 2 is 2.05 bits per heavy atom. The predicted molar refractivity (Wildman–Crippen MR) is 87.3 cm³/mol. The highest BCUT2D eigenvalue weighted by Crippen LogP contribution is 2.17. The van der Waals surface area contributed by atoms with Gasteiger partial charge in [0.25, 0.3) is 0 Å². The van der Waals surface area contributed by atoms with Crippen LogP contribution in [0.3, 0.4) is 0 Å². The summed E-state index contributed by atoms with van der Waals surface area (Å²) >= 11 is 0. The van der Waals surface area contributed by atoms with Gasteiger partial charge in [0.2, 0.25) is 0 Å². The van der Waals surface area contributed by atoms with E-state index in [1.54, 1.807) is 0 Å². The van der Waals surface area contributed by atoms with Crippen LogP contribution in [-0.4, -0.2) is 23.1 Å². The van der Waals surface area contributed by atoms with Crippen LogP contribution in [0.1, 0.15) is 30.8 Å². The highest BCUT2D eigenvalue weighted by molar-refractivity contribution is 5.43. The average molecular weight is 284 g/mol. The van der Waals surface area contributed by atoms with Gasteiger partial charge in [0, 0.05) is 25.0 Å². The van der Waals surface area contributed by atoms with Gasteiger partial charge < -0.3 is 10.2 Å². The van der Waals surface area contributed by atoms with Gasteiger partial charge in [-0.05, 0) is 50.2 Å². The third kappa shape index (κ3) is 4.53. The average Bonchev–Trinajstić information content (AvgIpc) is 2.51. The summed E-state index contributed by atoms with van der Waals surface area (Å²) in [6.45, 7) is 9.87. The molecule has 0 spiro atoms. The van der Waals surface area contributed by atoms with Crippen LogP contribution in [0.2, 0.25) is 0 Å². The Morgan fingerprint density at radius 1 is 1.19 bits per heavy atom. The number of aryl methyl sites for hydroxylation is 1. The highest BCUT2D eigenvalue weighted by Gasteiger charge is 2.09. The Hall–Kier alpha value is -1.94. The van der Waals surface area contributed by atoms with E-state index in [1.165, 1.54) is 5.56 Å². The van der Waals surface area contributed by atoms with E-state index in [-0.39, 0.29) is 0 Å². The number of pyridine rings is 2. The summed E-state index contributed by atoms with van der Waals surface area (Å²) in [4.78, 5) is 11.3. The molecule has 112 valence electrons. The third-order valence-electron chi connectivity index (χ3n) is 3.36. The summed E-state index contributed by atoms with van der Waals surface area (Å²) < 4.78 is 0. The lowest BCUT2D eigenvalue weighted by Gasteiger charge is -2.22. The monoisotopic (exact) mass is 284 g/mol. The second-order valence-electron chi connectivity index (χ2n) is 5.09. The quantitative estimate of drug-likeness (QED) is 0.849. The molecule has 2 heterocycles. The van der Waals surface area contributed by atoms with Crippen molar-refractivity contribution < 1.29 is 0 Å². The molecule has 0 atom stereocenters. The Balaban J connectivity index is 2.19. The first-order valence-corrected chi connectivity index (χ1v) is 7.56. The molecule has 4 nitrogen and oxygen atoms in total. The lowest BCUT2D eigenvalue weighted by molar-refractivity contribution is 0.722. The van der Waals surface area contributed by atoms with Gasteiger partial charge in [0.1, 0.15) is 5.82 Å². The van der Waals surface area contributed by atoms with Crippen LogP contribution in [0.4, 0.5) is 5.82 Å². The molecule has 0 fully saturated rings. The molecule has 0 unspecified atom stereocenters. The van der Waals surface area contributed by atoms with Gasteiger partial charge in [0.15, 0.2) is 0 Å². The van der Waals surface area contributed by atoms with Crippen LogP contribution in [-0.2, 0) is 13.1 Å². The summed E-state index contributed by atoms with van der Waals surface area (Å²) in [5.74, 6) is 1.02. The molecule has 0 amide bonds. The maximum Gasteiger partial charge on any atom is 0.129 e. The van der Waals surface area contributed by atoms with Gasteiger partial charge in [0.05, 0.1) is 12.2 Å². The van der Waals surface area contributed by atoms with Crippen molar-refractivity contribution in [1.82, 2.24) is 15.3 Å². The van der Waals surface area contributed by atoms with Crippen molar-refractivity contribution in [2.75, 3.05) is 18.0 Å².